The van der Waals surface area contributed by atoms with Crippen molar-refractivity contribution in [2.75, 3.05) is 19.6 Å². The number of likely N-dealkylation sites (tertiary alicyclic amines) is 1. The summed E-state index contributed by atoms with van der Waals surface area (Å²) in [7, 11) is 0. The average Bonchev–Trinajstić information content (AvgIpc) is 3.33. The highest BCUT2D eigenvalue weighted by Gasteiger charge is 2.17. The van der Waals surface area contributed by atoms with Crippen LogP contribution in [0.25, 0.3) is 21.9 Å². The Hall–Kier alpha value is -3.18. The number of carbonyl (C=O) groups excluding carboxylic acids is 2. The molecule has 1 saturated heterocycles. The third-order valence-corrected chi connectivity index (χ3v) is 5.70. The van der Waals surface area contributed by atoms with E-state index in [2.05, 4.69) is 5.32 Å². The van der Waals surface area contributed by atoms with E-state index in [1.54, 1.807) is 0 Å². The minimum atomic E-state index is -0.174. The molecule has 0 radical (unpaired) electrons. The SMILES string of the molecule is O=C(NCCC(=O)N1CCCC1)c1ccc2c(-c3ccccc3CO)cccc2c1. The lowest BCUT2D eigenvalue weighted by Crippen LogP contribution is -2.32. The van der Waals surface area contributed by atoms with Crippen LogP contribution in [0.2, 0.25) is 0 Å². The highest BCUT2D eigenvalue weighted by atomic mass is 16.3. The van der Waals surface area contributed by atoms with E-state index < -0.39 is 0 Å². The van der Waals surface area contributed by atoms with E-state index in [9.17, 15) is 14.7 Å². The molecule has 0 aliphatic carbocycles. The van der Waals surface area contributed by atoms with E-state index in [-0.39, 0.29) is 18.4 Å². The van der Waals surface area contributed by atoms with Gasteiger partial charge in [0.15, 0.2) is 0 Å². The van der Waals surface area contributed by atoms with Crippen molar-refractivity contribution in [3.63, 3.8) is 0 Å². The van der Waals surface area contributed by atoms with Gasteiger partial charge in [0.05, 0.1) is 6.61 Å². The van der Waals surface area contributed by atoms with Gasteiger partial charge < -0.3 is 15.3 Å². The summed E-state index contributed by atoms with van der Waals surface area (Å²) in [5.41, 5.74) is 3.46. The van der Waals surface area contributed by atoms with E-state index in [4.69, 9.17) is 0 Å². The zero-order valence-electron chi connectivity index (χ0n) is 16.9. The Balaban J connectivity index is 1.49. The third-order valence-electron chi connectivity index (χ3n) is 5.70. The fourth-order valence-corrected chi connectivity index (χ4v) is 4.09. The molecule has 5 heteroatoms. The van der Waals surface area contributed by atoms with Gasteiger partial charge in [-0.3, -0.25) is 9.59 Å². The molecule has 0 aromatic heterocycles. The second-order valence-electron chi connectivity index (χ2n) is 7.65. The lowest BCUT2D eigenvalue weighted by molar-refractivity contribution is -0.129. The number of carbonyl (C=O) groups is 2. The van der Waals surface area contributed by atoms with Gasteiger partial charge in [0.25, 0.3) is 5.91 Å². The molecule has 0 unspecified atom stereocenters. The molecule has 3 aromatic rings. The molecule has 154 valence electrons. The average molecular weight is 402 g/mol. The summed E-state index contributed by atoms with van der Waals surface area (Å²) in [6, 6.07) is 19.4. The monoisotopic (exact) mass is 402 g/mol. The standard InChI is InChI=1S/C25H26N2O3/c28-17-20-6-1-2-8-21(20)23-9-5-7-18-16-19(10-11-22(18)23)25(30)26-13-12-24(29)27-14-3-4-15-27/h1-2,5-11,16,28H,3-4,12-15,17H2,(H,26,30). The van der Waals surface area contributed by atoms with Crippen LogP contribution in [-0.4, -0.2) is 41.5 Å². The summed E-state index contributed by atoms with van der Waals surface area (Å²) in [6.07, 6.45) is 2.47. The normalized spacial score (nSPS) is 13.6. The van der Waals surface area contributed by atoms with Crippen molar-refractivity contribution in [2.45, 2.75) is 25.9 Å². The van der Waals surface area contributed by atoms with Gasteiger partial charge in [-0.05, 0) is 52.4 Å². The molecule has 4 rings (SSSR count). The molecule has 5 nitrogen and oxygen atoms in total. The largest absolute Gasteiger partial charge is 0.392 e. The van der Waals surface area contributed by atoms with Gasteiger partial charge in [-0.15, -0.1) is 0 Å². The highest BCUT2D eigenvalue weighted by Crippen LogP contribution is 2.31. The van der Waals surface area contributed by atoms with E-state index >= 15 is 0 Å². The summed E-state index contributed by atoms with van der Waals surface area (Å²) < 4.78 is 0. The quantitative estimate of drug-likeness (QED) is 0.660. The molecule has 3 aromatic carbocycles. The smallest absolute Gasteiger partial charge is 0.251 e. The van der Waals surface area contributed by atoms with Crippen molar-refractivity contribution < 1.29 is 14.7 Å². The molecule has 0 saturated carbocycles. The van der Waals surface area contributed by atoms with E-state index in [1.165, 1.54) is 0 Å². The van der Waals surface area contributed by atoms with Gasteiger partial charge in [-0.2, -0.15) is 0 Å². The van der Waals surface area contributed by atoms with Crippen LogP contribution in [0, 0.1) is 0 Å². The Morgan fingerprint density at radius 2 is 1.70 bits per heavy atom. The summed E-state index contributed by atoms with van der Waals surface area (Å²) in [5.74, 6) is -0.0641. The molecule has 0 bridgehead atoms. The van der Waals surface area contributed by atoms with Crippen molar-refractivity contribution in [1.82, 2.24) is 10.2 Å². The predicted octanol–water partition coefficient (Wildman–Crippen LogP) is 3.74. The number of hydrogen-bond donors (Lipinski definition) is 2. The zero-order chi connectivity index (χ0) is 20.9. The first-order valence-electron chi connectivity index (χ1n) is 10.5. The van der Waals surface area contributed by atoms with Crippen molar-refractivity contribution in [2.24, 2.45) is 0 Å². The first-order chi connectivity index (χ1) is 14.7. The fraction of sp³-hybridized carbons (Fsp3) is 0.280. The second-order valence-corrected chi connectivity index (χ2v) is 7.65. The van der Waals surface area contributed by atoms with Crippen LogP contribution in [0.5, 0.6) is 0 Å². The number of nitrogens with one attached hydrogen (secondary N) is 1. The van der Waals surface area contributed by atoms with Gasteiger partial charge in [-0.1, -0.05) is 48.5 Å². The first kappa shape index (κ1) is 20.1. The molecular weight excluding hydrogens is 376 g/mol. The first-order valence-corrected chi connectivity index (χ1v) is 10.5. The summed E-state index contributed by atoms with van der Waals surface area (Å²) in [4.78, 5) is 26.6. The molecule has 0 spiro atoms. The Bertz CT molecular complexity index is 1070. The zero-order valence-corrected chi connectivity index (χ0v) is 16.9. The van der Waals surface area contributed by atoms with Crippen LogP contribution in [0.4, 0.5) is 0 Å². The van der Waals surface area contributed by atoms with Crippen LogP contribution in [0.1, 0.15) is 35.2 Å². The molecule has 0 atom stereocenters. The van der Waals surface area contributed by atoms with Gasteiger partial charge in [0, 0.05) is 31.6 Å². The summed E-state index contributed by atoms with van der Waals surface area (Å²) in [5, 5.41) is 14.5. The van der Waals surface area contributed by atoms with Crippen molar-refractivity contribution >= 4 is 22.6 Å². The lowest BCUT2D eigenvalue weighted by Gasteiger charge is -2.15. The minimum absolute atomic E-state index is 0.0246. The van der Waals surface area contributed by atoms with Gasteiger partial charge in [-0.25, -0.2) is 0 Å². The third kappa shape index (κ3) is 4.21. The van der Waals surface area contributed by atoms with Crippen molar-refractivity contribution in [3.8, 4) is 11.1 Å². The molecule has 1 aliphatic rings. The molecule has 1 heterocycles. The predicted molar refractivity (Wildman–Crippen MR) is 118 cm³/mol. The summed E-state index contributed by atoms with van der Waals surface area (Å²) in [6.45, 7) is 1.98. The number of hydrogen-bond acceptors (Lipinski definition) is 3. The Morgan fingerprint density at radius 1 is 0.933 bits per heavy atom. The molecule has 30 heavy (non-hydrogen) atoms. The molecule has 2 N–H and O–H groups in total. The maximum absolute atomic E-state index is 12.6. The van der Waals surface area contributed by atoms with Crippen LogP contribution in [0.15, 0.2) is 60.7 Å². The maximum atomic E-state index is 12.6. The van der Waals surface area contributed by atoms with Gasteiger partial charge in [0.1, 0.15) is 0 Å². The van der Waals surface area contributed by atoms with E-state index in [0.29, 0.717) is 18.5 Å². The molecular formula is C25H26N2O3. The van der Waals surface area contributed by atoms with Crippen LogP contribution in [-0.2, 0) is 11.4 Å². The molecule has 1 fully saturated rings. The number of rotatable bonds is 6. The number of aliphatic hydroxyl groups excluding tert-OH is 1. The number of nitrogens with zero attached hydrogens (tertiary/aromatic N) is 1. The Labute approximate surface area is 176 Å². The number of aliphatic hydroxyl groups is 1. The minimum Gasteiger partial charge on any atom is -0.392 e. The Morgan fingerprint density at radius 3 is 2.50 bits per heavy atom. The van der Waals surface area contributed by atoms with Crippen LogP contribution >= 0.6 is 0 Å². The lowest BCUT2D eigenvalue weighted by atomic mass is 9.94. The number of fused-ring (bicyclic) bond motifs is 1. The van der Waals surface area contributed by atoms with Crippen molar-refractivity contribution in [1.29, 1.82) is 0 Å². The van der Waals surface area contributed by atoms with Gasteiger partial charge >= 0.3 is 0 Å². The number of benzene rings is 3. The second kappa shape index (κ2) is 9.09. The van der Waals surface area contributed by atoms with E-state index in [0.717, 1.165) is 53.4 Å². The molecule has 1 aliphatic heterocycles. The van der Waals surface area contributed by atoms with Crippen LogP contribution < -0.4 is 5.32 Å². The van der Waals surface area contributed by atoms with Gasteiger partial charge in [0.2, 0.25) is 5.91 Å². The topological polar surface area (TPSA) is 69.6 Å². The maximum Gasteiger partial charge on any atom is 0.251 e. The molecule has 2 amide bonds. The fourth-order valence-electron chi connectivity index (χ4n) is 4.09. The van der Waals surface area contributed by atoms with E-state index in [1.807, 2.05) is 65.6 Å². The Kier molecular flexibility index (Phi) is 6.10. The van der Waals surface area contributed by atoms with Crippen LogP contribution in [0.3, 0.4) is 0 Å². The summed E-state index contributed by atoms with van der Waals surface area (Å²) >= 11 is 0. The van der Waals surface area contributed by atoms with Crippen molar-refractivity contribution in [3.05, 3.63) is 71.8 Å². The highest BCUT2D eigenvalue weighted by molar-refractivity contribution is 6.03. The number of amides is 2.